The summed E-state index contributed by atoms with van der Waals surface area (Å²) in [5.41, 5.74) is 0. The Morgan fingerprint density at radius 3 is 2.68 bits per heavy atom. The fourth-order valence-corrected chi connectivity index (χ4v) is 3.69. The number of hydrogen-bond acceptors (Lipinski definition) is 2. The Hall–Kier alpha value is 0.350. The number of halogens is 1. The second-order valence-corrected chi connectivity index (χ2v) is 7.02. The van der Waals surface area contributed by atoms with E-state index >= 15 is 0 Å². The number of nitrogens with one attached hydrogen (secondary N) is 1. The molecular formula is C14H28IN3S. The molecule has 1 aliphatic carbocycles. The molecule has 1 saturated carbocycles. The van der Waals surface area contributed by atoms with Crippen LogP contribution in [0, 0.1) is 5.92 Å². The summed E-state index contributed by atoms with van der Waals surface area (Å²) >= 11 is 2.12. The van der Waals surface area contributed by atoms with Crippen LogP contribution in [-0.4, -0.2) is 47.5 Å². The van der Waals surface area contributed by atoms with E-state index in [2.05, 4.69) is 47.7 Å². The van der Waals surface area contributed by atoms with Crippen molar-refractivity contribution in [3.05, 3.63) is 0 Å². The van der Waals surface area contributed by atoms with Gasteiger partial charge in [0.2, 0.25) is 0 Å². The van der Waals surface area contributed by atoms with Gasteiger partial charge in [-0.1, -0.05) is 13.8 Å². The fourth-order valence-electron chi connectivity index (χ4n) is 2.39. The normalized spacial score (nSPS) is 24.9. The molecule has 112 valence electrons. The van der Waals surface area contributed by atoms with Crippen LogP contribution in [0.5, 0.6) is 0 Å². The molecule has 0 aromatic carbocycles. The Labute approximate surface area is 139 Å². The van der Waals surface area contributed by atoms with Crippen molar-refractivity contribution in [3.63, 3.8) is 0 Å². The zero-order chi connectivity index (χ0) is 13.0. The molecule has 1 N–H and O–H groups in total. The Morgan fingerprint density at radius 1 is 1.42 bits per heavy atom. The van der Waals surface area contributed by atoms with Gasteiger partial charge in [-0.25, -0.2) is 0 Å². The van der Waals surface area contributed by atoms with Gasteiger partial charge >= 0.3 is 0 Å². The second-order valence-electron chi connectivity index (χ2n) is 5.67. The van der Waals surface area contributed by atoms with Gasteiger partial charge in [-0.15, -0.1) is 24.0 Å². The van der Waals surface area contributed by atoms with E-state index in [1.807, 2.05) is 0 Å². The molecule has 0 bridgehead atoms. The van der Waals surface area contributed by atoms with E-state index in [-0.39, 0.29) is 24.0 Å². The summed E-state index contributed by atoms with van der Waals surface area (Å²) < 4.78 is 0. The monoisotopic (exact) mass is 397 g/mol. The zero-order valence-electron chi connectivity index (χ0n) is 12.4. The first-order chi connectivity index (χ1) is 8.70. The maximum atomic E-state index is 4.69. The van der Waals surface area contributed by atoms with Crippen LogP contribution in [0.2, 0.25) is 0 Å². The van der Waals surface area contributed by atoms with Crippen LogP contribution >= 0.6 is 35.7 Å². The van der Waals surface area contributed by atoms with Crippen LogP contribution in [0.15, 0.2) is 4.99 Å². The first kappa shape index (κ1) is 17.4. The topological polar surface area (TPSA) is 27.6 Å². The largest absolute Gasteiger partial charge is 0.354 e. The van der Waals surface area contributed by atoms with E-state index in [9.17, 15) is 0 Å². The van der Waals surface area contributed by atoms with Gasteiger partial charge in [0.05, 0.1) is 0 Å². The minimum atomic E-state index is 0. The van der Waals surface area contributed by atoms with Crippen LogP contribution in [0.25, 0.3) is 0 Å². The van der Waals surface area contributed by atoms with E-state index < -0.39 is 0 Å². The fraction of sp³-hybridized carbons (Fsp3) is 0.929. The highest BCUT2D eigenvalue weighted by Crippen LogP contribution is 2.25. The maximum Gasteiger partial charge on any atom is 0.194 e. The van der Waals surface area contributed by atoms with Crippen molar-refractivity contribution in [3.8, 4) is 0 Å². The first-order valence-electron chi connectivity index (χ1n) is 7.38. The molecule has 1 saturated heterocycles. The molecule has 1 unspecified atom stereocenters. The lowest BCUT2D eigenvalue weighted by Crippen LogP contribution is -2.52. The molecule has 2 aliphatic rings. The molecule has 0 aromatic rings. The summed E-state index contributed by atoms with van der Waals surface area (Å²) in [6, 6.07) is 0.683. The third-order valence-corrected chi connectivity index (χ3v) is 5.42. The highest BCUT2D eigenvalue weighted by molar-refractivity contribution is 14.0. The molecule has 2 rings (SSSR count). The average Bonchev–Trinajstić information content (AvgIpc) is 2.32. The molecule has 1 atom stereocenters. The van der Waals surface area contributed by atoms with Crippen LogP contribution in [-0.2, 0) is 0 Å². The predicted octanol–water partition coefficient (Wildman–Crippen LogP) is 3.20. The number of thioether (sulfide) groups is 1. The van der Waals surface area contributed by atoms with Gasteiger partial charge in [-0.3, -0.25) is 4.99 Å². The lowest BCUT2D eigenvalue weighted by molar-refractivity contribution is 0.337. The van der Waals surface area contributed by atoms with E-state index in [0.717, 1.165) is 36.8 Å². The Bertz CT molecular complexity index is 292. The smallest absolute Gasteiger partial charge is 0.194 e. The van der Waals surface area contributed by atoms with Crippen molar-refractivity contribution in [2.45, 2.75) is 51.3 Å². The van der Waals surface area contributed by atoms with Crippen LogP contribution in [0.1, 0.15) is 40.0 Å². The molecule has 0 aromatic heterocycles. The number of hydrogen-bond donors (Lipinski definition) is 1. The van der Waals surface area contributed by atoms with Gasteiger partial charge < -0.3 is 10.2 Å². The van der Waals surface area contributed by atoms with Gasteiger partial charge in [0.15, 0.2) is 5.96 Å². The lowest BCUT2D eigenvalue weighted by atomic mass is 9.93. The minimum Gasteiger partial charge on any atom is -0.354 e. The molecule has 3 nitrogen and oxygen atoms in total. The van der Waals surface area contributed by atoms with Crippen LogP contribution in [0.3, 0.4) is 0 Å². The van der Waals surface area contributed by atoms with E-state index in [4.69, 9.17) is 0 Å². The van der Waals surface area contributed by atoms with Crippen molar-refractivity contribution in [2.75, 3.05) is 25.4 Å². The third-order valence-electron chi connectivity index (χ3n) is 3.88. The Morgan fingerprint density at radius 2 is 2.16 bits per heavy atom. The summed E-state index contributed by atoms with van der Waals surface area (Å²) in [4.78, 5) is 7.16. The number of nitrogens with zero attached hydrogens (tertiary/aromatic N) is 2. The van der Waals surface area contributed by atoms with Crippen molar-refractivity contribution in [2.24, 2.45) is 10.9 Å². The standard InChI is InChI=1S/C14H27N3S.HI/c1-4-15-14(16-12-6-5-7-12)17-8-9-18-13(10-17)11(2)3;/h11-13H,4-10H2,1-3H3,(H,15,16);1H. The first-order valence-corrected chi connectivity index (χ1v) is 8.43. The van der Waals surface area contributed by atoms with E-state index in [0.29, 0.717) is 6.04 Å². The van der Waals surface area contributed by atoms with Crippen molar-refractivity contribution in [1.29, 1.82) is 0 Å². The summed E-state index contributed by atoms with van der Waals surface area (Å²) in [6.45, 7) is 9.97. The zero-order valence-corrected chi connectivity index (χ0v) is 15.5. The van der Waals surface area contributed by atoms with Crippen molar-refractivity contribution < 1.29 is 0 Å². The maximum absolute atomic E-state index is 4.69. The van der Waals surface area contributed by atoms with Crippen LogP contribution in [0.4, 0.5) is 0 Å². The van der Waals surface area contributed by atoms with Gasteiger partial charge in [-0.05, 0) is 32.1 Å². The molecule has 0 spiro atoms. The molecule has 0 radical (unpaired) electrons. The highest BCUT2D eigenvalue weighted by atomic mass is 127. The summed E-state index contributed by atoms with van der Waals surface area (Å²) in [7, 11) is 0. The van der Waals surface area contributed by atoms with E-state index in [1.165, 1.54) is 25.0 Å². The number of guanidine groups is 1. The minimum absolute atomic E-state index is 0. The van der Waals surface area contributed by atoms with E-state index in [1.54, 1.807) is 0 Å². The Kier molecular flexibility index (Phi) is 7.87. The molecule has 0 amide bonds. The molecule has 1 aliphatic heterocycles. The average molecular weight is 397 g/mol. The summed E-state index contributed by atoms with van der Waals surface area (Å²) in [5, 5.41) is 4.40. The molecule has 5 heteroatoms. The number of rotatable bonds is 3. The molecule has 2 fully saturated rings. The predicted molar refractivity (Wildman–Crippen MR) is 96.8 cm³/mol. The highest BCUT2D eigenvalue weighted by Gasteiger charge is 2.27. The number of aliphatic imine (C=N–C) groups is 1. The summed E-state index contributed by atoms with van der Waals surface area (Å²) in [6.07, 6.45) is 4.01. The van der Waals surface area contributed by atoms with Gasteiger partial charge in [0.1, 0.15) is 0 Å². The molecule has 1 heterocycles. The van der Waals surface area contributed by atoms with Crippen molar-refractivity contribution >= 4 is 41.7 Å². The SMILES string of the molecule is CCN=C(NC1CCC1)N1CCSC(C(C)C)C1.I. The van der Waals surface area contributed by atoms with Gasteiger partial charge in [-0.2, -0.15) is 11.8 Å². The quantitative estimate of drug-likeness (QED) is 0.450. The molecule has 19 heavy (non-hydrogen) atoms. The van der Waals surface area contributed by atoms with Crippen molar-refractivity contribution in [1.82, 2.24) is 10.2 Å². The third kappa shape index (κ3) is 4.99. The van der Waals surface area contributed by atoms with Crippen LogP contribution < -0.4 is 5.32 Å². The summed E-state index contributed by atoms with van der Waals surface area (Å²) in [5.74, 6) is 3.15. The van der Waals surface area contributed by atoms with Gasteiger partial charge in [0.25, 0.3) is 0 Å². The Balaban J connectivity index is 0.00000180. The second kappa shape index (κ2) is 8.60. The van der Waals surface area contributed by atoms with Gasteiger partial charge in [0, 0.05) is 36.7 Å². The molecular weight excluding hydrogens is 369 g/mol. The lowest BCUT2D eigenvalue weighted by Gasteiger charge is -2.39.